The van der Waals surface area contributed by atoms with Gasteiger partial charge in [0.15, 0.2) is 11.5 Å². The maximum absolute atomic E-state index is 12.4. The van der Waals surface area contributed by atoms with Gasteiger partial charge in [0.05, 0.1) is 17.3 Å². The lowest BCUT2D eigenvalue weighted by atomic mass is 9.94. The zero-order valence-electron chi connectivity index (χ0n) is 12.7. The Balaban J connectivity index is 1.83. The monoisotopic (exact) mass is 298 g/mol. The Morgan fingerprint density at radius 3 is 2.86 bits per heavy atom. The first-order valence-corrected chi connectivity index (χ1v) is 7.45. The van der Waals surface area contributed by atoms with E-state index in [-0.39, 0.29) is 23.5 Å². The second-order valence-electron chi connectivity index (χ2n) is 5.58. The van der Waals surface area contributed by atoms with Gasteiger partial charge in [-0.25, -0.2) is 0 Å². The third kappa shape index (κ3) is 2.54. The van der Waals surface area contributed by atoms with Crippen molar-refractivity contribution in [1.82, 2.24) is 10.3 Å². The fourth-order valence-electron chi connectivity index (χ4n) is 2.83. The Morgan fingerprint density at radius 2 is 2.18 bits per heavy atom. The molecule has 2 aromatic rings. The molecule has 0 saturated carbocycles. The molecule has 0 unspecified atom stereocenters. The molecule has 22 heavy (non-hydrogen) atoms. The number of Topliss-reactive ketones (excluding diaryl/α,β-unsaturated/α-hetero) is 1. The predicted molar refractivity (Wildman–Crippen MR) is 80.8 cm³/mol. The van der Waals surface area contributed by atoms with Crippen molar-refractivity contribution in [1.29, 1.82) is 0 Å². The number of nitrogens with zero attached hydrogens (tertiary/aromatic N) is 1. The summed E-state index contributed by atoms with van der Waals surface area (Å²) >= 11 is 0. The summed E-state index contributed by atoms with van der Waals surface area (Å²) in [4.78, 5) is 28.6. The molecule has 1 aliphatic carbocycles. The lowest BCUT2D eigenvalue weighted by molar-refractivity contribution is 0.0905. The third-order valence-electron chi connectivity index (χ3n) is 3.99. The molecule has 1 N–H and O–H groups in total. The number of carbonyl (C=O) groups excluding carboxylic acids is 2. The lowest BCUT2D eigenvalue weighted by Gasteiger charge is -2.12. The van der Waals surface area contributed by atoms with E-state index in [9.17, 15) is 9.59 Å². The number of aryl methyl sites for hydroxylation is 1. The summed E-state index contributed by atoms with van der Waals surface area (Å²) in [5.74, 6) is 0.643. The van der Waals surface area contributed by atoms with Crippen molar-refractivity contribution in [2.24, 2.45) is 0 Å². The van der Waals surface area contributed by atoms with Crippen molar-refractivity contribution in [2.75, 3.05) is 0 Å². The zero-order chi connectivity index (χ0) is 15.7. The number of aromatic nitrogens is 1. The Bertz CT molecular complexity index is 719. The third-order valence-corrected chi connectivity index (χ3v) is 3.99. The first kappa shape index (κ1) is 14.5. The van der Waals surface area contributed by atoms with Gasteiger partial charge in [-0.05, 0) is 32.4 Å². The van der Waals surface area contributed by atoms with Gasteiger partial charge in [0.1, 0.15) is 5.76 Å². The molecule has 114 valence electrons. The molecule has 0 bridgehead atoms. The van der Waals surface area contributed by atoms with Crippen molar-refractivity contribution < 1.29 is 14.0 Å². The number of hydrogen-bond acceptors (Lipinski definition) is 4. The molecule has 0 aromatic carbocycles. The van der Waals surface area contributed by atoms with Crippen molar-refractivity contribution in [3.63, 3.8) is 0 Å². The highest BCUT2D eigenvalue weighted by Crippen LogP contribution is 2.29. The van der Waals surface area contributed by atoms with Crippen LogP contribution in [-0.2, 0) is 6.42 Å². The van der Waals surface area contributed by atoms with E-state index in [0.29, 0.717) is 29.7 Å². The molecule has 1 atom stereocenters. The van der Waals surface area contributed by atoms with Crippen molar-refractivity contribution in [3.05, 3.63) is 52.7 Å². The van der Waals surface area contributed by atoms with Gasteiger partial charge in [0.2, 0.25) is 0 Å². The first-order valence-electron chi connectivity index (χ1n) is 7.45. The Labute approximate surface area is 128 Å². The molecule has 5 nitrogen and oxygen atoms in total. The SMILES string of the molecule is Cc1c(C(=O)N[C@H](C)c2ccccn2)oc2c1C(=O)CCC2. The van der Waals surface area contributed by atoms with Crippen LogP contribution in [0.2, 0.25) is 0 Å². The number of nitrogens with one attached hydrogen (secondary N) is 1. The summed E-state index contributed by atoms with van der Waals surface area (Å²) in [6.45, 7) is 3.63. The quantitative estimate of drug-likeness (QED) is 0.945. The molecular weight excluding hydrogens is 280 g/mol. The Hall–Kier alpha value is -2.43. The normalized spacial score (nSPS) is 15.3. The van der Waals surface area contributed by atoms with Crippen molar-refractivity contribution >= 4 is 11.7 Å². The van der Waals surface area contributed by atoms with Gasteiger partial charge in [-0.1, -0.05) is 6.07 Å². The molecule has 0 saturated heterocycles. The maximum atomic E-state index is 12.4. The number of amides is 1. The Morgan fingerprint density at radius 1 is 1.36 bits per heavy atom. The summed E-state index contributed by atoms with van der Waals surface area (Å²) < 4.78 is 5.65. The number of carbonyl (C=O) groups is 2. The number of rotatable bonds is 3. The van der Waals surface area contributed by atoms with Crippen LogP contribution < -0.4 is 5.32 Å². The van der Waals surface area contributed by atoms with E-state index in [0.717, 1.165) is 12.1 Å². The van der Waals surface area contributed by atoms with Crippen LogP contribution in [0.5, 0.6) is 0 Å². The van der Waals surface area contributed by atoms with Crippen LogP contribution in [0.25, 0.3) is 0 Å². The van der Waals surface area contributed by atoms with Gasteiger partial charge >= 0.3 is 0 Å². The molecule has 0 fully saturated rings. The van der Waals surface area contributed by atoms with Crippen LogP contribution in [0.1, 0.15) is 63.7 Å². The smallest absolute Gasteiger partial charge is 0.287 e. The second-order valence-corrected chi connectivity index (χ2v) is 5.58. The molecule has 2 heterocycles. The van der Waals surface area contributed by atoms with Crippen molar-refractivity contribution in [2.45, 2.75) is 39.2 Å². The highest BCUT2D eigenvalue weighted by atomic mass is 16.4. The second kappa shape index (κ2) is 5.75. The zero-order valence-corrected chi connectivity index (χ0v) is 12.7. The standard InChI is InChI=1S/C17H18N2O3/c1-10-15-13(20)7-5-8-14(15)22-16(10)17(21)19-11(2)12-6-3-4-9-18-12/h3-4,6,9,11H,5,7-8H2,1-2H3,(H,19,21)/t11-/m1/s1. The molecular formula is C17H18N2O3. The minimum Gasteiger partial charge on any atom is -0.455 e. The lowest BCUT2D eigenvalue weighted by Crippen LogP contribution is -2.27. The van der Waals surface area contributed by atoms with Gasteiger partial charge in [0, 0.05) is 24.6 Å². The van der Waals surface area contributed by atoms with Crippen molar-refractivity contribution in [3.8, 4) is 0 Å². The van der Waals surface area contributed by atoms with Crippen LogP contribution in [-0.4, -0.2) is 16.7 Å². The number of furan rings is 1. The van der Waals surface area contributed by atoms with E-state index >= 15 is 0 Å². The number of fused-ring (bicyclic) bond motifs is 1. The molecule has 3 rings (SSSR count). The van der Waals surface area contributed by atoms with E-state index < -0.39 is 0 Å². The van der Waals surface area contributed by atoms with Crippen LogP contribution in [0.3, 0.4) is 0 Å². The largest absolute Gasteiger partial charge is 0.455 e. The van der Waals surface area contributed by atoms with Crippen LogP contribution in [0.15, 0.2) is 28.8 Å². The van der Waals surface area contributed by atoms with E-state index in [4.69, 9.17) is 4.42 Å². The van der Waals surface area contributed by atoms with E-state index in [1.54, 1.807) is 13.1 Å². The summed E-state index contributed by atoms with van der Waals surface area (Å²) in [6.07, 6.45) is 3.71. The molecule has 0 aliphatic heterocycles. The number of hydrogen-bond donors (Lipinski definition) is 1. The van der Waals surface area contributed by atoms with Crippen LogP contribution in [0.4, 0.5) is 0 Å². The summed E-state index contributed by atoms with van der Waals surface area (Å²) in [6, 6.07) is 5.33. The maximum Gasteiger partial charge on any atom is 0.287 e. The average Bonchev–Trinajstić information content (AvgIpc) is 2.86. The van der Waals surface area contributed by atoms with Crippen LogP contribution >= 0.6 is 0 Å². The summed E-state index contributed by atoms with van der Waals surface area (Å²) in [7, 11) is 0. The molecule has 5 heteroatoms. The topological polar surface area (TPSA) is 72.2 Å². The fourth-order valence-corrected chi connectivity index (χ4v) is 2.83. The summed E-state index contributed by atoms with van der Waals surface area (Å²) in [5.41, 5.74) is 2.02. The highest BCUT2D eigenvalue weighted by molar-refractivity contribution is 6.03. The first-order chi connectivity index (χ1) is 10.6. The van der Waals surface area contributed by atoms with Gasteiger partial charge in [-0.15, -0.1) is 0 Å². The number of ketones is 1. The number of pyridine rings is 1. The molecule has 2 aromatic heterocycles. The fraction of sp³-hybridized carbons (Fsp3) is 0.353. The van der Waals surface area contributed by atoms with Gasteiger partial charge in [-0.2, -0.15) is 0 Å². The van der Waals surface area contributed by atoms with Gasteiger partial charge in [-0.3, -0.25) is 14.6 Å². The van der Waals surface area contributed by atoms with Gasteiger partial charge in [0.25, 0.3) is 5.91 Å². The molecule has 0 spiro atoms. The minimum absolute atomic E-state index is 0.0688. The van der Waals surface area contributed by atoms with E-state index in [2.05, 4.69) is 10.3 Å². The Kier molecular flexibility index (Phi) is 3.79. The predicted octanol–water partition coefficient (Wildman–Crippen LogP) is 2.99. The minimum atomic E-state index is -0.308. The van der Waals surface area contributed by atoms with E-state index in [1.165, 1.54) is 0 Å². The van der Waals surface area contributed by atoms with E-state index in [1.807, 2.05) is 25.1 Å². The van der Waals surface area contributed by atoms with Gasteiger partial charge < -0.3 is 9.73 Å². The average molecular weight is 298 g/mol. The summed E-state index contributed by atoms with van der Waals surface area (Å²) in [5, 5.41) is 2.87. The molecule has 1 amide bonds. The molecule has 1 aliphatic rings. The van der Waals surface area contributed by atoms with Crippen LogP contribution in [0, 0.1) is 6.92 Å². The molecule has 0 radical (unpaired) electrons. The highest BCUT2D eigenvalue weighted by Gasteiger charge is 2.29.